The van der Waals surface area contributed by atoms with Gasteiger partial charge in [-0.2, -0.15) is 0 Å². The van der Waals surface area contributed by atoms with Crippen molar-refractivity contribution in [2.75, 3.05) is 6.54 Å². The molecule has 7 nitrogen and oxygen atoms in total. The van der Waals surface area contributed by atoms with Gasteiger partial charge in [-0.25, -0.2) is 9.97 Å². The van der Waals surface area contributed by atoms with Gasteiger partial charge in [0.15, 0.2) is 0 Å². The highest BCUT2D eigenvalue weighted by Gasteiger charge is 2.24. The van der Waals surface area contributed by atoms with E-state index in [0.717, 1.165) is 61.2 Å². The number of carbonyl (C=O) groups excluding carboxylic acids is 1. The van der Waals surface area contributed by atoms with Crippen molar-refractivity contribution in [3.8, 4) is 5.69 Å². The van der Waals surface area contributed by atoms with Crippen molar-refractivity contribution in [2.45, 2.75) is 70.4 Å². The predicted octanol–water partition coefficient (Wildman–Crippen LogP) is 6.11. The van der Waals surface area contributed by atoms with Crippen LogP contribution in [-0.4, -0.2) is 38.0 Å². The van der Waals surface area contributed by atoms with Crippen LogP contribution < -0.4 is 10.6 Å². The van der Waals surface area contributed by atoms with Crippen LogP contribution in [0, 0.1) is 0 Å². The van der Waals surface area contributed by atoms with Gasteiger partial charge < -0.3 is 15.6 Å². The molecule has 9 heteroatoms. The Hall–Kier alpha value is -2.87. The predicted molar refractivity (Wildman–Crippen MR) is 152 cm³/mol. The van der Waals surface area contributed by atoms with E-state index in [1.54, 1.807) is 12.1 Å². The van der Waals surface area contributed by atoms with E-state index in [2.05, 4.69) is 25.2 Å². The molecule has 0 saturated carbocycles. The molecule has 1 fully saturated rings. The van der Waals surface area contributed by atoms with Crippen LogP contribution >= 0.6 is 23.2 Å². The second-order valence-electron chi connectivity index (χ2n) is 10.4. The Labute approximate surface area is 232 Å². The van der Waals surface area contributed by atoms with Gasteiger partial charge in [0.2, 0.25) is 0 Å². The molecule has 4 aromatic rings. The number of nitrogens with one attached hydrogen (secondary N) is 3. The Morgan fingerprint density at radius 1 is 1.13 bits per heavy atom. The summed E-state index contributed by atoms with van der Waals surface area (Å²) in [5.41, 5.74) is 5.52. The normalized spacial score (nSPS) is 18.0. The molecule has 6 rings (SSSR count). The van der Waals surface area contributed by atoms with Crippen LogP contribution in [-0.2, 0) is 19.3 Å². The first-order valence-corrected chi connectivity index (χ1v) is 14.3. The maximum absolute atomic E-state index is 13.1. The molecule has 0 radical (unpaired) electrons. The molecule has 3 N–H and O–H groups in total. The lowest BCUT2D eigenvalue weighted by Gasteiger charge is -2.18. The minimum atomic E-state index is -0.316. The van der Waals surface area contributed by atoms with E-state index in [-0.39, 0.29) is 11.9 Å². The average molecular weight is 552 g/mol. The molecule has 1 aliphatic heterocycles. The minimum absolute atomic E-state index is 0.204. The van der Waals surface area contributed by atoms with Crippen LogP contribution in [0.1, 0.15) is 78.5 Å². The molecule has 0 bridgehead atoms. The van der Waals surface area contributed by atoms with Crippen molar-refractivity contribution in [2.24, 2.45) is 0 Å². The SMILES string of the molecule is C[C@H](NC(=O)c1ccc(-n2c(CCC3CCCN3)nc3c2CCCC3)c(Cl)c1)c1nc2ccc(Cl)cc2[nH]1. The van der Waals surface area contributed by atoms with E-state index in [9.17, 15) is 4.79 Å². The first kappa shape index (κ1) is 25.4. The van der Waals surface area contributed by atoms with E-state index in [4.69, 9.17) is 28.2 Å². The number of aryl methyl sites for hydroxylation is 2. The van der Waals surface area contributed by atoms with Gasteiger partial charge in [0.1, 0.15) is 11.6 Å². The highest BCUT2D eigenvalue weighted by Crippen LogP contribution is 2.31. The van der Waals surface area contributed by atoms with Crippen molar-refractivity contribution >= 4 is 40.1 Å². The van der Waals surface area contributed by atoms with Crippen LogP contribution in [0.25, 0.3) is 16.7 Å². The number of H-pyrrole nitrogens is 1. The zero-order chi connectivity index (χ0) is 26.2. The summed E-state index contributed by atoms with van der Waals surface area (Å²) in [4.78, 5) is 26.0. The van der Waals surface area contributed by atoms with Crippen molar-refractivity contribution in [3.63, 3.8) is 0 Å². The number of fused-ring (bicyclic) bond motifs is 2. The van der Waals surface area contributed by atoms with Gasteiger partial charge in [0, 0.05) is 28.7 Å². The Balaban J connectivity index is 1.23. The standard InChI is InChI=1S/C29H32Cl2N6O/c1-17(28-35-22-11-9-19(30)16-24(22)36-28)33-29(38)18-8-12-25(21(31)15-18)37-26-7-3-2-6-23(26)34-27(37)13-10-20-5-4-14-32-20/h8-9,11-12,15-17,20,32H,2-7,10,13-14H2,1H3,(H,33,38)(H,35,36)/t17-,20?/m0/s1. The van der Waals surface area contributed by atoms with Gasteiger partial charge in [-0.1, -0.05) is 23.2 Å². The number of carbonyl (C=O) groups is 1. The lowest BCUT2D eigenvalue weighted by Crippen LogP contribution is -2.27. The second-order valence-corrected chi connectivity index (χ2v) is 11.3. The number of aromatic nitrogens is 4. The zero-order valence-electron chi connectivity index (χ0n) is 21.5. The van der Waals surface area contributed by atoms with Crippen LogP contribution in [0.15, 0.2) is 36.4 Å². The summed E-state index contributed by atoms with van der Waals surface area (Å²) >= 11 is 13.0. The molecular weight excluding hydrogens is 519 g/mol. The molecule has 1 unspecified atom stereocenters. The van der Waals surface area contributed by atoms with Gasteiger partial charge in [-0.3, -0.25) is 9.36 Å². The number of hydrogen-bond donors (Lipinski definition) is 3. The molecule has 1 saturated heterocycles. The smallest absolute Gasteiger partial charge is 0.251 e. The first-order valence-electron chi connectivity index (χ1n) is 13.5. The topological polar surface area (TPSA) is 87.6 Å². The molecule has 2 aromatic heterocycles. The number of amides is 1. The van der Waals surface area contributed by atoms with E-state index in [1.807, 2.05) is 31.2 Å². The van der Waals surface area contributed by atoms with E-state index >= 15 is 0 Å². The fraction of sp³-hybridized carbons (Fsp3) is 0.414. The molecule has 0 spiro atoms. The highest BCUT2D eigenvalue weighted by molar-refractivity contribution is 6.32. The fourth-order valence-electron chi connectivity index (χ4n) is 5.74. The van der Waals surface area contributed by atoms with E-state index < -0.39 is 0 Å². The summed E-state index contributed by atoms with van der Waals surface area (Å²) in [6, 6.07) is 11.3. The van der Waals surface area contributed by atoms with Gasteiger partial charge in [0.05, 0.1) is 33.5 Å². The monoisotopic (exact) mass is 550 g/mol. The van der Waals surface area contributed by atoms with Crippen molar-refractivity contribution < 1.29 is 4.79 Å². The van der Waals surface area contributed by atoms with Crippen molar-refractivity contribution in [1.82, 2.24) is 30.2 Å². The van der Waals surface area contributed by atoms with Gasteiger partial charge >= 0.3 is 0 Å². The third-order valence-electron chi connectivity index (χ3n) is 7.75. The largest absolute Gasteiger partial charge is 0.342 e. The Morgan fingerprint density at radius 2 is 2.00 bits per heavy atom. The highest BCUT2D eigenvalue weighted by atomic mass is 35.5. The zero-order valence-corrected chi connectivity index (χ0v) is 23.0. The van der Waals surface area contributed by atoms with E-state index in [0.29, 0.717) is 27.5 Å². The Bertz CT molecular complexity index is 1490. The van der Waals surface area contributed by atoms with Crippen LogP contribution in [0.2, 0.25) is 10.0 Å². The van der Waals surface area contributed by atoms with Crippen LogP contribution in [0.4, 0.5) is 0 Å². The molecule has 3 heterocycles. The van der Waals surface area contributed by atoms with Crippen molar-refractivity contribution in [3.05, 3.63) is 75.0 Å². The van der Waals surface area contributed by atoms with Crippen LogP contribution in [0.5, 0.6) is 0 Å². The summed E-state index contributed by atoms with van der Waals surface area (Å²) in [7, 11) is 0. The Morgan fingerprint density at radius 3 is 2.82 bits per heavy atom. The summed E-state index contributed by atoms with van der Waals surface area (Å²) < 4.78 is 2.26. The molecule has 198 valence electrons. The number of benzene rings is 2. The van der Waals surface area contributed by atoms with Crippen molar-refractivity contribution in [1.29, 1.82) is 0 Å². The minimum Gasteiger partial charge on any atom is -0.342 e. The molecule has 1 amide bonds. The van der Waals surface area contributed by atoms with E-state index in [1.165, 1.54) is 30.7 Å². The van der Waals surface area contributed by atoms with Gasteiger partial charge in [0.25, 0.3) is 5.91 Å². The lowest BCUT2D eigenvalue weighted by atomic mass is 10.0. The lowest BCUT2D eigenvalue weighted by molar-refractivity contribution is 0.0938. The summed E-state index contributed by atoms with van der Waals surface area (Å²) in [6.07, 6.45) is 8.80. The molecule has 2 atom stereocenters. The van der Waals surface area contributed by atoms with Crippen LogP contribution in [0.3, 0.4) is 0 Å². The summed E-state index contributed by atoms with van der Waals surface area (Å²) in [5, 5.41) is 7.81. The third-order valence-corrected chi connectivity index (χ3v) is 8.29. The molecule has 2 aliphatic rings. The fourth-order valence-corrected chi connectivity index (χ4v) is 6.18. The first-order chi connectivity index (χ1) is 18.5. The molecule has 2 aromatic carbocycles. The Kier molecular flexibility index (Phi) is 7.16. The number of nitrogens with zero attached hydrogens (tertiary/aromatic N) is 3. The number of aromatic amines is 1. The summed E-state index contributed by atoms with van der Waals surface area (Å²) in [6.45, 7) is 3.00. The number of imidazole rings is 2. The maximum atomic E-state index is 13.1. The van der Waals surface area contributed by atoms with Gasteiger partial charge in [-0.15, -0.1) is 0 Å². The maximum Gasteiger partial charge on any atom is 0.251 e. The third kappa shape index (κ3) is 5.07. The molecule has 1 aliphatic carbocycles. The van der Waals surface area contributed by atoms with Gasteiger partial charge in [-0.05, 0) is 94.8 Å². The quantitative estimate of drug-likeness (QED) is 0.259. The number of hydrogen-bond acceptors (Lipinski definition) is 4. The number of rotatable bonds is 7. The molecule has 38 heavy (non-hydrogen) atoms. The molecular formula is C29H32Cl2N6O. The second kappa shape index (κ2) is 10.7. The summed E-state index contributed by atoms with van der Waals surface area (Å²) in [5.74, 6) is 1.54. The number of halogens is 2. The average Bonchev–Trinajstić information content (AvgIpc) is 3.65.